The van der Waals surface area contributed by atoms with Crippen LogP contribution in [0.2, 0.25) is 0 Å². The maximum absolute atomic E-state index is 13.1. The molecule has 1 N–H and O–H groups in total. The average molecular weight is 353 g/mol. The minimum Gasteiger partial charge on any atom is -0.384 e. The summed E-state index contributed by atoms with van der Waals surface area (Å²) >= 11 is 1.46. The molecule has 2 aliphatic rings. The van der Waals surface area contributed by atoms with Crippen molar-refractivity contribution in [1.29, 1.82) is 0 Å². The van der Waals surface area contributed by atoms with Crippen molar-refractivity contribution >= 4 is 22.6 Å². The summed E-state index contributed by atoms with van der Waals surface area (Å²) in [6.45, 7) is 7.51. The third kappa shape index (κ3) is 3.55. The molecule has 1 amide bonds. The molecule has 0 aliphatic carbocycles. The number of piperidine rings is 1. The summed E-state index contributed by atoms with van der Waals surface area (Å²) in [4.78, 5) is 21.9. The van der Waals surface area contributed by atoms with Gasteiger partial charge in [0.1, 0.15) is 5.82 Å². The van der Waals surface area contributed by atoms with Gasteiger partial charge in [0, 0.05) is 51.2 Å². The van der Waals surface area contributed by atoms with E-state index in [4.69, 9.17) is 4.74 Å². The maximum atomic E-state index is 13.1. The van der Waals surface area contributed by atoms with Crippen LogP contribution in [0.5, 0.6) is 0 Å². The van der Waals surface area contributed by atoms with Crippen molar-refractivity contribution in [3.8, 4) is 0 Å². The average Bonchev–Trinajstić information content (AvgIpc) is 3.11. The first-order chi connectivity index (χ1) is 11.7. The van der Waals surface area contributed by atoms with Crippen molar-refractivity contribution in [2.45, 2.75) is 26.2 Å². The van der Waals surface area contributed by atoms with E-state index < -0.39 is 0 Å². The maximum Gasteiger partial charge on any atom is 0.231 e. The molecule has 2 fully saturated rings. The summed E-state index contributed by atoms with van der Waals surface area (Å²) < 4.78 is 9.76. The van der Waals surface area contributed by atoms with Crippen molar-refractivity contribution in [1.82, 2.24) is 19.6 Å². The van der Waals surface area contributed by atoms with Gasteiger partial charge in [0.05, 0.1) is 12.0 Å². The second kappa shape index (κ2) is 7.76. The molecular weight excluding hydrogens is 326 g/mol. The molecule has 0 bridgehead atoms. The van der Waals surface area contributed by atoms with Crippen LogP contribution in [0.15, 0.2) is 0 Å². The predicted octanol–water partition coefficient (Wildman–Crippen LogP) is 0.765. The smallest absolute Gasteiger partial charge is 0.231 e. The van der Waals surface area contributed by atoms with Gasteiger partial charge >= 0.3 is 0 Å². The van der Waals surface area contributed by atoms with Crippen LogP contribution in [-0.2, 0) is 16.0 Å². The number of methoxy groups -OCH3 is 1. The lowest BCUT2D eigenvalue weighted by molar-refractivity contribution is -0.147. The molecule has 8 heteroatoms. The van der Waals surface area contributed by atoms with Crippen LogP contribution in [0, 0.1) is 5.41 Å². The zero-order valence-corrected chi connectivity index (χ0v) is 15.4. The van der Waals surface area contributed by atoms with Crippen LogP contribution in [-0.4, -0.2) is 73.1 Å². The van der Waals surface area contributed by atoms with Gasteiger partial charge < -0.3 is 19.9 Å². The number of anilines is 1. The molecule has 3 heterocycles. The Kier molecular flexibility index (Phi) is 5.68. The van der Waals surface area contributed by atoms with Crippen LogP contribution in [0.4, 0.5) is 5.13 Å². The molecule has 0 unspecified atom stereocenters. The summed E-state index contributed by atoms with van der Waals surface area (Å²) in [6, 6.07) is 0. The highest BCUT2D eigenvalue weighted by Gasteiger charge is 2.42. The van der Waals surface area contributed by atoms with E-state index in [0.717, 1.165) is 69.5 Å². The molecule has 0 spiro atoms. The van der Waals surface area contributed by atoms with Crippen molar-refractivity contribution in [3.63, 3.8) is 0 Å². The van der Waals surface area contributed by atoms with Crippen molar-refractivity contribution in [2.24, 2.45) is 5.41 Å². The largest absolute Gasteiger partial charge is 0.384 e. The van der Waals surface area contributed by atoms with Gasteiger partial charge in [-0.1, -0.05) is 6.92 Å². The van der Waals surface area contributed by atoms with Gasteiger partial charge in [0.15, 0.2) is 0 Å². The Balaban J connectivity index is 1.61. The number of ether oxygens (including phenoxy) is 1. The van der Waals surface area contributed by atoms with Gasteiger partial charge in [-0.2, -0.15) is 4.37 Å². The topological polar surface area (TPSA) is 70.6 Å². The van der Waals surface area contributed by atoms with E-state index in [1.807, 2.05) is 4.90 Å². The van der Waals surface area contributed by atoms with E-state index in [0.29, 0.717) is 6.61 Å². The first kappa shape index (κ1) is 17.6. The molecule has 1 aromatic heterocycles. The van der Waals surface area contributed by atoms with Crippen molar-refractivity contribution in [2.75, 3.05) is 57.9 Å². The normalized spacial score (nSPS) is 21.1. The summed E-state index contributed by atoms with van der Waals surface area (Å²) in [5.74, 6) is 1.17. The number of hydrogen-bond acceptors (Lipinski definition) is 7. The number of nitrogens with zero attached hydrogens (tertiary/aromatic N) is 4. The molecule has 1 aromatic rings. The first-order valence-corrected chi connectivity index (χ1v) is 9.52. The molecule has 0 radical (unpaired) electrons. The number of amides is 1. The van der Waals surface area contributed by atoms with Gasteiger partial charge in [-0.25, -0.2) is 4.98 Å². The van der Waals surface area contributed by atoms with Gasteiger partial charge in [-0.05, 0) is 25.9 Å². The fourth-order valence-corrected chi connectivity index (χ4v) is 4.36. The van der Waals surface area contributed by atoms with E-state index in [-0.39, 0.29) is 11.3 Å². The molecule has 2 saturated heterocycles. The van der Waals surface area contributed by atoms with E-state index in [1.165, 1.54) is 11.5 Å². The number of aryl methyl sites for hydroxylation is 1. The molecule has 0 atom stereocenters. The van der Waals surface area contributed by atoms with Crippen LogP contribution in [0.1, 0.15) is 25.6 Å². The minimum atomic E-state index is -0.347. The third-order valence-corrected chi connectivity index (χ3v) is 5.86. The van der Waals surface area contributed by atoms with Crippen LogP contribution < -0.4 is 10.2 Å². The zero-order chi connectivity index (χ0) is 17.0. The second-order valence-corrected chi connectivity index (χ2v) is 7.32. The fourth-order valence-electron chi connectivity index (χ4n) is 3.55. The standard InChI is InChI=1S/C16H27N5O2S/c1-3-13-18-15(24-19-13)21-10-8-20(9-11-21)14(22)16(12-23-2)4-6-17-7-5-16/h17H,3-12H2,1-2H3. The number of carbonyl (C=O) groups excluding carboxylic acids is 1. The molecule has 0 saturated carbocycles. The summed E-state index contributed by atoms with van der Waals surface area (Å²) in [6.07, 6.45) is 2.58. The number of carbonyl (C=O) groups is 1. The van der Waals surface area contributed by atoms with E-state index in [9.17, 15) is 4.79 Å². The van der Waals surface area contributed by atoms with Crippen LogP contribution in [0.3, 0.4) is 0 Å². The summed E-state index contributed by atoms with van der Waals surface area (Å²) in [5.41, 5.74) is -0.347. The van der Waals surface area contributed by atoms with E-state index in [2.05, 4.69) is 26.5 Å². The molecule has 2 aliphatic heterocycles. The number of piperazine rings is 1. The highest BCUT2D eigenvalue weighted by atomic mass is 32.1. The van der Waals surface area contributed by atoms with Gasteiger partial charge in [-0.15, -0.1) is 0 Å². The Morgan fingerprint density at radius 3 is 2.58 bits per heavy atom. The SMILES string of the molecule is CCc1nsc(N2CCN(C(=O)C3(COC)CCNCC3)CC2)n1. The number of rotatable bonds is 5. The van der Waals surface area contributed by atoms with Gasteiger partial charge in [0.2, 0.25) is 11.0 Å². The lowest BCUT2D eigenvalue weighted by atomic mass is 9.78. The molecular formula is C16H27N5O2S. The Morgan fingerprint density at radius 2 is 2.00 bits per heavy atom. The second-order valence-electron chi connectivity index (χ2n) is 6.59. The minimum absolute atomic E-state index is 0.261. The first-order valence-electron chi connectivity index (χ1n) is 8.75. The highest BCUT2D eigenvalue weighted by molar-refractivity contribution is 7.09. The molecule has 3 rings (SSSR count). The fraction of sp³-hybridized carbons (Fsp3) is 0.812. The Bertz CT molecular complexity index is 545. The van der Waals surface area contributed by atoms with Crippen LogP contribution in [0.25, 0.3) is 0 Å². The van der Waals surface area contributed by atoms with Crippen molar-refractivity contribution in [3.05, 3.63) is 5.82 Å². The Hall–Kier alpha value is -1.25. The van der Waals surface area contributed by atoms with Crippen molar-refractivity contribution < 1.29 is 9.53 Å². The van der Waals surface area contributed by atoms with Crippen LogP contribution >= 0.6 is 11.5 Å². The quantitative estimate of drug-likeness (QED) is 0.843. The van der Waals surface area contributed by atoms with E-state index >= 15 is 0 Å². The predicted molar refractivity (Wildman–Crippen MR) is 94.5 cm³/mol. The zero-order valence-electron chi connectivity index (χ0n) is 14.6. The van der Waals surface area contributed by atoms with Gasteiger partial charge in [-0.3, -0.25) is 4.79 Å². The molecule has 0 aromatic carbocycles. The van der Waals surface area contributed by atoms with Gasteiger partial charge in [0.25, 0.3) is 0 Å². The molecule has 7 nitrogen and oxygen atoms in total. The third-order valence-electron chi connectivity index (χ3n) is 5.05. The number of hydrogen-bond donors (Lipinski definition) is 1. The number of aromatic nitrogens is 2. The monoisotopic (exact) mass is 353 g/mol. The summed E-state index contributed by atoms with van der Waals surface area (Å²) in [5, 5.41) is 4.32. The number of nitrogens with one attached hydrogen (secondary N) is 1. The lowest BCUT2D eigenvalue weighted by Crippen LogP contribution is -2.56. The summed E-state index contributed by atoms with van der Waals surface area (Å²) in [7, 11) is 1.69. The highest BCUT2D eigenvalue weighted by Crippen LogP contribution is 2.32. The molecule has 24 heavy (non-hydrogen) atoms. The molecule has 134 valence electrons. The Morgan fingerprint density at radius 1 is 1.29 bits per heavy atom. The van der Waals surface area contributed by atoms with E-state index in [1.54, 1.807) is 7.11 Å². The lowest BCUT2D eigenvalue weighted by Gasteiger charge is -2.42. The Labute approximate surface area is 147 Å².